The molecule has 0 amide bonds. The Bertz CT molecular complexity index is 824. The van der Waals surface area contributed by atoms with Gasteiger partial charge in [0.05, 0.1) is 18.4 Å². The lowest BCUT2D eigenvalue weighted by Crippen LogP contribution is -2.01. The van der Waals surface area contributed by atoms with E-state index in [1.807, 2.05) is 41.8 Å². The van der Waals surface area contributed by atoms with Gasteiger partial charge in [-0.25, -0.2) is 9.78 Å². The highest BCUT2D eigenvalue weighted by Gasteiger charge is 2.08. The van der Waals surface area contributed by atoms with Gasteiger partial charge in [0.1, 0.15) is 18.0 Å². The summed E-state index contributed by atoms with van der Waals surface area (Å²) < 4.78 is 12.3. The number of esters is 1. The molecule has 0 bridgehead atoms. The summed E-state index contributed by atoms with van der Waals surface area (Å²) in [7, 11) is 1.36. The van der Waals surface area contributed by atoms with Crippen LogP contribution in [-0.4, -0.2) is 22.5 Å². The standard InChI is InChI=1S/C17H16N2O3/c1-12-4-3-5-15(8-12)22-11-14-10-19-7-6-13(17(20)21-2)9-16(19)18-14/h3-10H,11H2,1-2H3. The summed E-state index contributed by atoms with van der Waals surface area (Å²) in [4.78, 5) is 16.0. The number of imidazole rings is 1. The van der Waals surface area contributed by atoms with Gasteiger partial charge in [0.25, 0.3) is 0 Å². The first-order valence-electron chi connectivity index (χ1n) is 6.91. The lowest BCUT2D eigenvalue weighted by atomic mass is 10.2. The van der Waals surface area contributed by atoms with Crippen LogP contribution >= 0.6 is 0 Å². The van der Waals surface area contributed by atoms with E-state index in [1.165, 1.54) is 7.11 Å². The first kappa shape index (κ1) is 14.1. The van der Waals surface area contributed by atoms with Gasteiger partial charge in [0.15, 0.2) is 0 Å². The Morgan fingerprint density at radius 2 is 2.14 bits per heavy atom. The second-order valence-corrected chi connectivity index (χ2v) is 5.01. The maximum Gasteiger partial charge on any atom is 0.338 e. The van der Waals surface area contributed by atoms with Crippen LogP contribution in [0.2, 0.25) is 0 Å². The molecule has 0 N–H and O–H groups in total. The molecule has 0 aliphatic rings. The van der Waals surface area contributed by atoms with E-state index in [-0.39, 0.29) is 5.97 Å². The Hall–Kier alpha value is -2.82. The monoisotopic (exact) mass is 296 g/mol. The number of hydrogen-bond donors (Lipinski definition) is 0. The molecule has 0 aliphatic carbocycles. The second-order valence-electron chi connectivity index (χ2n) is 5.01. The number of rotatable bonds is 4. The lowest BCUT2D eigenvalue weighted by molar-refractivity contribution is 0.0600. The van der Waals surface area contributed by atoms with Crippen molar-refractivity contribution in [1.82, 2.24) is 9.38 Å². The Morgan fingerprint density at radius 3 is 2.91 bits per heavy atom. The molecule has 0 atom stereocenters. The predicted octanol–water partition coefficient (Wildman–Crippen LogP) is 3.01. The van der Waals surface area contributed by atoms with Crippen molar-refractivity contribution in [1.29, 1.82) is 0 Å². The molecular weight excluding hydrogens is 280 g/mol. The molecule has 0 saturated heterocycles. The molecule has 2 heterocycles. The molecule has 0 radical (unpaired) electrons. The molecular formula is C17H16N2O3. The van der Waals surface area contributed by atoms with E-state index in [2.05, 4.69) is 4.98 Å². The number of aryl methyl sites for hydroxylation is 1. The molecule has 0 unspecified atom stereocenters. The Labute approximate surface area is 128 Å². The van der Waals surface area contributed by atoms with Crippen LogP contribution in [0.5, 0.6) is 5.75 Å². The van der Waals surface area contributed by atoms with Gasteiger partial charge in [-0.05, 0) is 36.8 Å². The van der Waals surface area contributed by atoms with Crippen molar-refractivity contribution in [2.24, 2.45) is 0 Å². The molecule has 2 aromatic heterocycles. The van der Waals surface area contributed by atoms with Crippen LogP contribution in [0, 0.1) is 6.92 Å². The summed E-state index contributed by atoms with van der Waals surface area (Å²) in [5.41, 5.74) is 3.11. The summed E-state index contributed by atoms with van der Waals surface area (Å²) in [5, 5.41) is 0. The van der Waals surface area contributed by atoms with Gasteiger partial charge < -0.3 is 13.9 Å². The van der Waals surface area contributed by atoms with E-state index < -0.39 is 0 Å². The SMILES string of the molecule is COC(=O)c1ccn2cc(COc3cccc(C)c3)nc2c1. The van der Waals surface area contributed by atoms with Crippen molar-refractivity contribution in [2.45, 2.75) is 13.5 Å². The highest BCUT2D eigenvalue weighted by Crippen LogP contribution is 2.15. The number of ether oxygens (including phenoxy) is 2. The van der Waals surface area contributed by atoms with E-state index in [0.29, 0.717) is 17.8 Å². The molecule has 0 saturated carbocycles. The average Bonchev–Trinajstić information content (AvgIpc) is 2.94. The average molecular weight is 296 g/mol. The van der Waals surface area contributed by atoms with Crippen LogP contribution in [0.4, 0.5) is 0 Å². The third-order valence-corrected chi connectivity index (χ3v) is 3.31. The van der Waals surface area contributed by atoms with E-state index in [4.69, 9.17) is 9.47 Å². The Balaban J connectivity index is 1.78. The van der Waals surface area contributed by atoms with Crippen molar-refractivity contribution in [3.05, 3.63) is 65.6 Å². The van der Waals surface area contributed by atoms with Gasteiger partial charge in [-0.15, -0.1) is 0 Å². The second kappa shape index (κ2) is 5.89. The van der Waals surface area contributed by atoms with E-state index >= 15 is 0 Å². The quantitative estimate of drug-likeness (QED) is 0.694. The summed E-state index contributed by atoms with van der Waals surface area (Å²) in [6.45, 7) is 2.39. The van der Waals surface area contributed by atoms with Crippen LogP contribution in [0.3, 0.4) is 0 Å². The highest BCUT2D eigenvalue weighted by molar-refractivity contribution is 5.90. The fourth-order valence-corrected chi connectivity index (χ4v) is 2.21. The summed E-state index contributed by atoms with van der Waals surface area (Å²) in [6.07, 6.45) is 3.66. The van der Waals surface area contributed by atoms with Gasteiger partial charge in [0.2, 0.25) is 0 Å². The predicted molar refractivity (Wildman–Crippen MR) is 82.0 cm³/mol. The molecule has 112 valence electrons. The molecule has 3 aromatic rings. The largest absolute Gasteiger partial charge is 0.487 e. The van der Waals surface area contributed by atoms with Crippen molar-refractivity contribution in [3.8, 4) is 5.75 Å². The summed E-state index contributed by atoms with van der Waals surface area (Å²) in [6, 6.07) is 11.3. The molecule has 22 heavy (non-hydrogen) atoms. The minimum Gasteiger partial charge on any atom is -0.487 e. The smallest absolute Gasteiger partial charge is 0.338 e. The number of aromatic nitrogens is 2. The highest BCUT2D eigenvalue weighted by atomic mass is 16.5. The number of fused-ring (bicyclic) bond motifs is 1. The molecule has 3 rings (SSSR count). The summed E-state index contributed by atoms with van der Waals surface area (Å²) in [5.74, 6) is 0.440. The number of nitrogens with zero attached hydrogens (tertiary/aromatic N) is 2. The van der Waals surface area contributed by atoms with Crippen molar-refractivity contribution in [2.75, 3.05) is 7.11 Å². The van der Waals surface area contributed by atoms with Crippen LogP contribution in [0.1, 0.15) is 21.6 Å². The number of carbonyl (C=O) groups is 1. The van der Waals surface area contributed by atoms with Crippen molar-refractivity contribution < 1.29 is 14.3 Å². The molecule has 0 spiro atoms. The molecule has 0 fully saturated rings. The minimum atomic E-state index is -0.372. The number of methoxy groups -OCH3 is 1. The van der Waals surface area contributed by atoms with Crippen molar-refractivity contribution >= 4 is 11.6 Å². The zero-order valence-electron chi connectivity index (χ0n) is 12.4. The minimum absolute atomic E-state index is 0.372. The lowest BCUT2D eigenvalue weighted by Gasteiger charge is -2.04. The zero-order chi connectivity index (χ0) is 15.5. The summed E-state index contributed by atoms with van der Waals surface area (Å²) >= 11 is 0. The molecule has 1 aromatic carbocycles. The van der Waals surface area contributed by atoms with Crippen LogP contribution < -0.4 is 4.74 Å². The van der Waals surface area contributed by atoms with Gasteiger partial charge in [-0.2, -0.15) is 0 Å². The number of pyridine rings is 1. The first-order chi connectivity index (χ1) is 10.7. The Kier molecular flexibility index (Phi) is 3.78. The van der Waals surface area contributed by atoms with Gasteiger partial charge >= 0.3 is 5.97 Å². The van der Waals surface area contributed by atoms with E-state index in [1.54, 1.807) is 18.3 Å². The van der Waals surface area contributed by atoms with Crippen LogP contribution in [0.25, 0.3) is 5.65 Å². The number of benzene rings is 1. The van der Waals surface area contributed by atoms with E-state index in [0.717, 1.165) is 17.0 Å². The topological polar surface area (TPSA) is 52.8 Å². The Morgan fingerprint density at radius 1 is 1.27 bits per heavy atom. The fraction of sp³-hybridized carbons (Fsp3) is 0.176. The van der Waals surface area contributed by atoms with Crippen molar-refractivity contribution in [3.63, 3.8) is 0 Å². The van der Waals surface area contributed by atoms with Gasteiger partial charge in [-0.3, -0.25) is 0 Å². The van der Waals surface area contributed by atoms with Crippen LogP contribution in [-0.2, 0) is 11.3 Å². The van der Waals surface area contributed by atoms with Crippen LogP contribution in [0.15, 0.2) is 48.8 Å². The number of carbonyl (C=O) groups excluding carboxylic acids is 1. The molecule has 5 nitrogen and oxygen atoms in total. The maximum atomic E-state index is 11.5. The van der Waals surface area contributed by atoms with Gasteiger partial charge in [0, 0.05) is 12.4 Å². The zero-order valence-corrected chi connectivity index (χ0v) is 12.4. The first-order valence-corrected chi connectivity index (χ1v) is 6.91. The molecule has 0 aliphatic heterocycles. The van der Waals surface area contributed by atoms with Gasteiger partial charge in [-0.1, -0.05) is 12.1 Å². The van der Waals surface area contributed by atoms with E-state index in [9.17, 15) is 4.79 Å². The third kappa shape index (κ3) is 2.93. The molecule has 5 heteroatoms. The number of hydrogen-bond acceptors (Lipinski definition) is 4. The fourth-order valence-electron chi connectivity index (χ4n) is 2.21. The third-order valence-electron chi connectivity index (χ3n) is 3.31. The maximum absolute atomic E-state index is 11.5. The normalized spacial score (nSPS) is 10.6.